The molecular formula is C15H33NO5. The van der Waals surface area contributed by atoms with Crippen molar-refractivity contribution in [3.05, 3.63) is 0 Å². The van der Waals surface area contributed by atoms with Crippen LogP contribution < -0.4 is 5.32 Å². The molecule has 6 nitrogen and oxygen atoms in total. The first-order chi connectivity index (χ1) is 10.3. The second-order valence-electron chi connectivity index (χ2n) is 4.01. The highest BCUT2D eigenvalue weighted by Gasteiger charge is 1.94. The molecule has 0 radical (unpaired) electrons. The zero-order valence-corrected chi connectivity index (χ0v) is 14.1. The van der Waals surface area contributed by atoms with Crippen molar-refractivity contribution >= 4 is 5.78 Å². The molecule has 0 amide bonds. The van der Waals surface area contributed by atoms with Crippen LogP contribution in [0.4, 0.5) is 0 Å². The number of nitrogens with one attached hydrogen (secondary N) is 1. The summed E-state index contributed by atoms with van der Waals surface area (Å²) >= 11 is 0. The predicted octanol–water partition coefficient (Wildman–Crippen LogP) is 1.28. The molecule has 0 atom stereocenters. The average Bonchev–Trinajstić information content (AvgIpc) is 2.49. The molecule has 0 aromatic heterocycles. The van der Waals surface area contributed by atoms with E-state index in [0.717, 1.165) is 6.54 Å². The lowest BCUT2D eigenvalue weighted by molar-refractivity contribution is -0.118. The number of ketones is 1. The van der Waals surface area contributed by atoms with Crippen molar-refractivity contribution in [2.45, 2.75) is 27.2 Å². The highest BCUT2D eigenvalue weighted by atomic mass is 16.6. The van der Waals surface area contributed by atoms with Crippen molar-refractivity contribution in [3.8, 4) is 0 Å². The van der Waals surface area contributed by atoms with Crippen LogP contribution >= 0.6 is 0 Å². The molecule has 0 aliphatic heterocycles. The third-order valence-electron chi connectivity index (χ3n) is 2.21. The zero-order chi connectivity index (χ0) is 16.2. The Morgan fingerprint density at radius 2 is 1.14 bits per heavy atom. The van der Waals surface area contributed by atoms with Crippen LogP contribution in [0.15, 0.2) is 0 Å². The van der Waals surface area contributed by atoms with E-state index in [1.54, 1.807) is 6.92 Å². The van der Waals surface area contributed by atoms with Crippen molar-refractivity contribution in [2.75, 3.05) is 66.4 Å². The highest BCUT2D eigenvalue weighted by molar-refractivity contribution is 5.75. The average molecular weight is 307 g/mol. The molecule has 0 bridgehead atoms. The van der Waals surface area contributed by atoms with Gasteiger partial charge in [-0.05, 0) is 14.0 Å². The molecule has 128 valence electrons. The van der Waals surface area contributed by atoms with E-state index < -0.39 is 0 Å². The van der Waals surface area contributed by atoms with Gasteiger partial charge in [-0.25, -0.2) is 0 Å². The van der Waals surface area contributed by atoms with E-state index >= 15 is 0 Å². The maximum absolute atomic E-state index is 10.6. The van der Waals surface area contributed by atoms with Gasteiger partial charge in [-0.2, -0.15) is 0 Å². The van der Waals surface area contributed by atoms with Gasteiger partial charge in [-0.3, -0.25) is 4.79 Å². The fraction of sp³-hybridized carbons (Fsp3) is 0.933. The molecule has 0 saturated carbocycles. The second-order valence-corrected chi connectivity index (χ2v) is 4.01. The van der Waals surface area contributed by atoms with E-state index in [0.29, 0.717) is 59.3 Å². The fourth-order valence-corrected chi connectivity index (χ4v) is 1.15. The van der Waals surface area contributed by atoms with Gasteiger partial charge in [-0.1, -0.05) is 13.8 Å². The van der Waals surface area contributed by atoms with Crippen molar-refractivity contribution < 1.29 is 23.7 Å². The maximum Gasteiger partial charge on any atom is 0.132 e. The number of rotatable bonds is 15. The van der Waals surface area contributed by atoms with Crippen molar-refractivity contribution in [1.82, 2.24) is 5.32 Å². The van der Waals surface area contributed by atoms with E-state index in [-0.39, 0.29) is 5.78 Å². The molecule has 1 N–H and O–H groups in total. The monoisotopic (exact) mass is 307 g/mol. The van der Waals surface area contributed by atoms with E-state index in [1.807, 2.05) is 20.9 Å². The molecule has 0 aliphatic rings. The molecule has 0 saturated heterocycles. The lowest BCUT2D eigenvalue weighted by atomic mass is 10.3. The number of hydrogen-bond acceptors (Lipinski definition) is 6. The molecule has 0 aromatic rings. The number of carbonyl (C=O) groups is 1. The minimum absolute atomic E-state index is 0.145. The first-order valence-corrected chi connectivity index (χ1v) is 7.72. The van der Waals surface area contributed by atoms with Gasteiger partial charge in [0.25, 0.3) is 0 Å². The molecule has 0 unspecified atom stereocenters. The van der Waals surface area contributed by atoms with Crippen LogP contribution in [0, 0.1) is 0 Å². The Balaban J connectivity index is 0. The normalized spacial score (nSPS) is 10.1. The van der Waals surface area contributed by atoms with Crippen LogP contribution in [0.2, 0.25) is 0 Å². The smallest absolute Gasteiger partial charge is 0.132 e. The molecular weight excluding hydrogens is 274 g/mol. The summed E-state index contributed by atoms with van der Waals surface area (Å²) in [4.78, 5) is 10.6. The second kappa shape index (κ2) is 21.8. The minimum atomic E-state index is 0.145. The summed E-state index contributed by atoms with van der Waals surface area (Å²) in [5, 5.41) is 3.00. The Hall–Kier alpha value is -0.530. The van der Waals surface area contributed by atoms with Crippen molar-refractivity contribution in [2.24, 2.45) is 0 Å². The van der Waals surface area contributed by atoms with Gasteiger partial charge in [0.1, 0.15) is 5.78 Å². The molecule has 0 aliphatic carbocycles. The molecule has 0 rings (SSSR count). The van der Waals surface area contributed by atoms with Gasteiger partial charge in [0.2, 0.25) is 0 Å². The Bertz CT molecular complexity index is 203. The topological polar surface area (TPSA) is 66.0 Å². The standard InChI is InChI=1S/C13H27NO5.C2H6/c1-13(15)3-5-16-7-9-18-11-12-19-10-8-17-6-4-14-2;1-2/h14H,3-12H2,1-2H3;1-2H3. The summed E-state index contributed by atoms with van der Waals surface area (Å²) in [5.41, 5.74) is 0. The SMILES string of the molecule is CC.CNCCOCCOCCOCCOCCC(C)=O. The van der Waals surface area contributed by atoms with Gasteiger partial charge in [0.05, 0.1) is 52.9 Å². The third-order valence-corrected chi connectivity index (χ3v) is 2.21. The maximum atomic E-state index is 10.6. The summed E-state index contributed by atoms with van der Waals surface area (Å²) < 4.78 is 21.1. The largest absolute Gasteiger partial charge is 0.379 e. The molecule has 0 aromatic carbocycles. The van der Waals surface area contributed by atoms with Gasteiger partial charge >= 0.3 is 0 Å². The lowest BCUT2D eigenvalue weighted by Gasteiger charge is -2.07. The van der Waals surface area contributed by atoms with Crippen molar-refractivity contribution in [1.29, 1.82) is 0 Å². The number of carbonyl (C=O) groups excluding carboxylic acids is 1. The molecule has 0 fully saturated rings. The lowest BCUT2D eigenvalue weighted by Crippen LogP contribution is -2.17. The van der Waals surface area contributed by atoms with Crippen molar-refractivity contribution in [3.63, 3.8) is 0 Å². The van der Waals surface area contributed by atoms with Crippen LogP contribution in [0.5, 0.6) is 0 Å². The first-order valence-electron chi connectivity index (χ1n) is 7.72. The summed E-state index contributed by atoms with van der Waals surface area (Å²) in [5.74, 6) is 0.145. The fourth-order valence-electron chi connectivity index (χ4n) is 1.15. The van der Waals surface area contributed by atoms with Gasteiger partial charge in [-0.15, -0.1) is 0 Å². The van der Waals surface area contributed by atoms with Crippen LogP contribution in [0.1, 0.15) is 27.2 Å². The minimum Gasteiger partial charge on any atom is -0.379 e. The van der Waals surface area contributed by atoms with E-state index in [1.165, 1.54) is 0 Å². The quantitative estimate of drug-likeness (QED) is 0.460. The summed E-state index contributed by atoms with van der Waals surface area (Å²) in [6.45, 7) is 10.9. The van der Waals surface area contributed by atoms with Gasteiger partial charge in [0.15, 0.2) is 0 Å². The Kier molecular flexibility index (Phi) is 23.6. The van der Waals surface area contributed by atoms with Crippen LogP contribution in [-0.4, -0.2) is 72.2 Å². The van der Waals surface area contributed by atoms with Crippen LogP contribution in [-0.2, 0) is 23.7 Å². The predicted molar refractivity (Wildman–Crippen MR) is 83.8 cm³/mol. The Morgan fingerprint density at radius 3 is 1.52 bits per heavy atom. The molecule has 0 heterocycles. The van der Waals surface area contributed by atoms with E-state index in [2.05, 4.69) is 5.32 Å². The van der Waals surface area contributed by atoms with Gasteiger partial charge < -0.3 is 24.3 Å². The number of Topliss-reactive ketones (excluding diaryl/α,β-unsaturated/α-hetero) is 1. The summed E-state index contributed by atoms with van der Waals surface area (Å²) in [6.07, 6.45) is 0.469. The summed E-state index contributed by atoms with van der Waals surface area (Å²) in [6, 6.07) is 0. The highest BCUT2D eigenvalue weighted by Crippen LogP contribution is 1.86. The van der Waals surface area contributed by atoms with E-state index in [4.69, 9.17) is 18.9 Å². The molecule has 0 spiro atoms. The third kappa shape index (κ3) is 24.8. The molecule has 21 heavy (non-hydrogen) atoms. The Morgan fingerprint density at radius 1 is 0.762 bits per heavy atom. The Labute approximate surface area is 129 Å². The van der Waals surface area contributed by atoms with Gasteiger partial charge in [0, 0.05) is 13.0 Å². The van der Waals surface area contributed by atoms with Crippen LogP contribution in [0.3, 0.4) is 0 Å². The number of ether oxygens (including phenoxy) is 4. The zero-order valence-electron chi connectivity index (χ0n) is 14.1. The first kappa shape index (κ1) is 22.7. The van der Waals surface area contributed by atoms with Crippen LogP contribution in [0.25, 0.3) is 0 Å². The molecule has 6 heteroatoms. The number of likely N-dealkylation sites (N-methyl/N-ethyl adjacent to an activating group) is 1. The van der Waals surface area contributed by atoms with E-state index in [9.17, 15) is 4.79 Å². The number of hydrogen-bond donors (Lipinski definition) is 1. The summed E-state index contributed by atoms with van der Waals surface area (Å²) in [7, 11) is 1.89.